The van der Waals surface area contributed by atoms with Gasteiger partial charge < -0.3 is 33.3 Å². The molecular formula is C39H40O9. The van der Waals surface area contributed by atoms with Gasteiger partial charge in [-0.3, -0.25) is 0 Å². The highest BCUT2D eigenvalue weighted by molar-refractivity contribution is 5.91. The lowest BCUT2D eigenvalue weighted by atomic mass is 9.99. The number of ether oxygens (including phenoxy) is 6. The normalized spacial score (nSPS) is 18.5. The molecule has 9 heteroatoms. The van der Waals surface area contributed by atoms with E-state index >= 15 is 0 Å². The van der Waals surface area contributed by atoms with Crippen molar-refractivity contribution in [2.75, 3.05) is 39.6 Å². The molecule has 4 aromatic carbocycles. The molecule has 3 aliphatic rings. The molecule has 0 saturated carbocycles. The van der Waals surface area contributed by atoms with Crippen LogP contribution in [-0.4, -0.2) is 57.8 Å². The van der Waals surface area contributed by atoms with E-state index in [-0.39, 0.29) is 5.92 Å². The number of rotatable bonds is 18. The first-order valence-electron chi connectivity index (χ1n) is 16.6. The van der Waals surface area contributed by atoms with Crippen molar-refractivity contribution in [2.45, 2.75) is 50.9 Å². The molecular weight excluding hydrogens is 612 g/mol. The quantitative estimate of drug-likeness (QED) is 0.0274. The number of hydrogen-bond acceptors (Lipinski definition) is 9. The van der Waals surface area contributed by atoms with Crippen molar-refractivity contribution in [3.05, 3.63) is 107 Å². The van der Waals surface area contributed by atoms with Gasteiger partial charge in [0.05, 0.1) is 44.7 Å². The summed E-state index contributed by atoms with van der Waals surface area (Å²) in [6.07, 6.45) is 3.41. The zero-order valence-electron chi connectivity index (χ0n) is 27.1. The minimum atomic E-state index is -0.414. The number of benzene rings is 4. The van der Waals surface area contributed by atoms with Crippen molar-refractivity contribution in [3.63, 3.8) is 0 Å². The molecule has 0 aromatic heterocycles. The number of fused-ring (bicyclic) bond motifs is 3. The van der Waals surface area contributed by atoms with E-state index in [0.717, 1.165) is 72.6 Å². The molecule has 2 fully saturated rings. The third-order valence-corrected chi connectivity index (χ3v) is 8.64. The van der Waals surface area contributed by atoms with Gasteiger partial charge in [0.25, 0.3) is 0 Å². The van der Waals surface area contributed by atoms with Gasteiger partial charge in [0, 0.05) is 18.9 Å². The fourth-order valence-electron chi connectivity index (χ4n) is 5.69. The van der Waals surface area contributed by atoms with Gasteiger partial charge in [-0.25, -0.2) is 4.79 Å². The van der Waals surface area contributed by atoms with Crippen LogP contribution in [-0.2, 0) is 25.7 Å². The maximum absolute atomic E-state index is 12.9. The second kappa shape index (κ2) is 15.2. The Labute approximate surface area is 280 Å². The molecule has 48 heavy (non-hydrogen) atoms. The Morgan fingerprint density at radius 3 is 2.02 bits per heavy atom. The van der Waals surface area contributed by atoms with Crippen molar-refractivity contribution in [2.24, 2.45) is 0 Å². The highest BCUT2D eigenvalue weighted by Gasteiger charge is 2.27. The Hall–Kier alpha value is -4.41. The second-order valence-electron chi connectivity index (χ2n) is 12.3. The minimum Gasteiger partial charge on any atom is -0.494 e. The van der Waals surface area contributed by atoms with Crippen molar-refractivity contribution in [1.82, 2.24) is 0 Å². The topological polar surface area (TPSA) is 97.5 Å². The summed E-state index contributed by atoms with van der Waals surface area (Å²) >= 11 is 0. The average molecular weight is 653 g/mol. The van der Waals surface area contributed by atoms with Gasteiger partial charge in [-0.15, -0.1) is 0 Å². The van der Waals surface area contributed by atoms with Crippen molar-refractivity contribution >= 4 is 5.97 Å². The Bertz CT molecular complexity index is 1680. The fraction of sp³-hybridized carbons (Fsp3) is 0.359. The summed E-state index contributed by atoms with van der Waals surface area (Å²) in [6, 6.07) is 26.6. The van der Waals surface area contributed by atoms with E-state index in [4.69, 9.17) is 38.2 Å². The number of carbonyl (C=O) groups is 1. The number of carbonyl (C=O) groups excluding carboxylic acids is 1. The molecule has 1 aliphatic carbocycles. The summed E-state index contributed by atoms with van der Waals surface area (Å²) in [5.41, 5.74) is 5.90. The van der Waals surface area contributed by atoms with Crippen molar-refractivity contribution in [1.29, 1.82) is 0 Å². The number of hydrogen-bond donors (Lipinski definition) is 0. The molecule has 7 rings (SSSR count). The Morgan fingerprint density at radius 1 is 0.708 bits per heavy atom. The van der Waals surface area contributed by atoms with Gasteiger partial charge in [0.2, 0.25) is 0 Å². The smallest absolute Gasteiger partial charge is 0.343 e. The van der Waals surface area contributed by atoms with Crippen molar-refractivity contribution in [3.8, 4) is 34.1 Å². The van der Waals surface area contributed by atoms with Crippen LogP contribution in [0.1, 0.15) is 59.2 Å². The van der Waals surface area contributed by atoms with Crippen LogP contribution in [0.25, 0.3) is 11.1 Å². The lowest BCUT2D eigenvalue weighted by molar-refractivity contribution is -0.217. The molecule has 9 nitrogen and oxygen atoms in total. The minimum absolute atomic E-state index is 0.0899. The molecule has 2 saturated heterocycles. The third kappa shape index (κ3) is 8.54. The molecule has 0 spiro atoms. The lowest BCUT2D eigenvalue weighted by Crippen LogP contribution is -2.09. The molecule has 2 aliphatic heterocycles. The number of epoxide rings is 2. The van der Waals surface area contributed by atoms with Crippen LogP contribution in [0.5, 0.6) is 23.0 Å². The zero-order chi connectivity index (χ0) is 32.7. The zero-order valence-corrected chi connectivity index (χ0v) is 27.1. The highest BCUT2D eigenvalue weighted by Crippen LogP contribution is 2.47. The van der Waals surface area contributed by atoms with E-state index in [1.807, 2.05) is 60.7 Å². The molecule has 250 valence electrons. The van der Waals surface area contributed by atoms with Crippen molar-refractivity contribution < 1.29 is 43.0 Å². The first-order valence-corrected chi connectivity index (χ1v) is 16.6. The number of esters is 1. The summed E-state index contributed by atoms with van der Waals surface area (Å²) in [5, 5.41) is 0. The van der Waals surface area contributed by atoms with Crippen LogP contribution in [0, 0.1) is 0 Å². The number of unbranched alkanes of at least 4 members (excludes halogenated alkanes) is 1. The first-order chi connectivity index (χ1) is 23.6. The molecule has 3 atom stereocenters. The predicted octanol–water partition coefficient (Wildman–Crippen LogP) is 7.29. The Morgan fingerprint density at radius 2 is 1.31 bits per heavy atom. The van der Waals surface area contributed by atoms with E-state index in [1.165, 1.54) is 0 Å². The van der Waals surface area contributed by atoms with Crippen LogP contribution in [0.2, 0.25) is 0 Å². The van der Waals surface area contributed by atoms with Gasteiger partial charge in [-0.05, 0) is 101 Å². The fourth-order valence-corrected chi connectivity index (χ4v) is 5.69. The molecule has 0 bridgehead atoms. The van der Waals surface area contributed by atoms with E-state index in [1.54, 1.807) is 24.3 Å². The van der Waals surface area contributed by atoms with Gasteiger partial charge in [-0.1, -0.05) is 31.2 Å². The van der Waals surface area contributed by atoms with E-state index in [9.17, 15) is 4.79 Å². The molecule has 0 radical (unpaired) electrons. The summed E-state index contributed by atoms with van der Waals surface area (Å²) in [4.78, 5) is 24.1. The Kier molecular flexibility index (Phi) is 10.2. The molecule has 4 aromatic rings. The second-order valence-corrected chi connectivity index (χ2v) is 12.3. The summed E-state index contributed by atoms with van der Waals surface area (Å²) in [6.45, 7) is 6.75. The van der Waals surface area contributed by atoms with Gasteiger partial charge in [-0.2, -0.15) is 4.89 Å². The van der Waals surface area contributed by atoms with Gasteiger partial charge in [0.15, 0.2) is 5.75 Å². The maximum atomic E-state index is 12.9. The predicted molar refractivity (Wildman–Crippen MR) is 178 cm³/mol. The summed E-state index contributed by atoms with van der Waals surface area (Å²) < 4.78 is 33.2. The van der Waals surface area contributed by atoms with Crippen LogP contribution < -0.4 is 19.1 Å². The summed E-state index contributed by atoms with van der Waals surface area (Å²) in [5.74, 6) is 2.35. The average Bonchev–Trinajstić information content (AvgIpc) is 4.06. The summed E-state index contributed by atoms with van der Waals surface area (Å²) in [7, 11) is 0. The van der Waals surface area contributed by atoms with E-state index in [2.05, 4.69) is 6.92 Å². The highest BCUT2D eigenvalue weighted by atomic mass is 17.2. The van der Waals surface area contributed by atoms with Crippen LogP contribution >= 0.6 is 0 Å². The van der Waals surface area contributed by atoms with Crippen LogP contribution in [0.4, 0.5) is 0 Å². The van der Waals surface area contributed by atoms with Gasteiger partial charge in [0.1, 0.15) is 30.0 Å². The van der Waals surface area contributed by atoms with Crippen LogP contribution in [0.3, 0.4) is 0 Å². The molecule has 0 N–H and O–H groups in total. The first kappa shape index (κ1) is 32.2. The lowest BCUT2D eigenvalue weighted by Gasteiger charge is -2.11. The third-order valence-electron chi connectivity index (χ3n) is 8.64. The molecule has 3 unspecified atom stereocenters. The molecule has 2 heterocycles. The van der Waals surface area contributed by atoms with E-state index in [0.29, 0.717) is 61.4 Å². The maximum Gasteiger partial charge on any atom is 0.343 e. The van der Waals surface area contributed by atoms with E-state index < -0.39 is 5.97 Å². The van der Waals surface area contributed by atoms with Gasteiger partial charge >= 0.3 is 5.97 Å². The monoisotopic (exact) mass is 652 g/mol. The van der Waals surface area contributed by atoms with Crippen LogP contribution in [0.15, 0.2) is 84.9 Å². The largest absolute Gasteiger partial charge is 0.494 e. The Balaban J connectivity index is 0.860. The standard InChI is InChI=1S/C39H40O9/c1-26-37-20-31(47-39(40)28-6-10-30(11-7-28)43-19-16-33-24-44-33)12-14-35(37)36-15-13-32(21-38(26)36)48-46-22-27-4-8-29(9-5-27)42-18-3-2-17-41-23-34-25-45-34/h4-15,20-21,26,33-34H,2-3,16-19,22-25H2,1H3. The SMILES string of the molecule is CC1c2cc(OOCc3ccc(OCCCCOCC4CO4)cc3)ccc2-c2ccc(OC(=O)c3ccc(OCCC4CO4)cc3)cc21. The molecule has 0 amide bonds.